The van der Waals surface area contributed by atoms with Crippen molar-refractivity contribution in [2.75, 3.05) is 11.2 Å². The van der Waals surface area contributed by atoms with Crippen LogP contribution in [0.5, 0.6) is 0 Å². The third-order valence-corrected chi connectivity index (χ3v) is 19.9. The minimum atomic E-state index is -0.749. The Kier molecular flexibility index (Phi) is 18.6. The van der Waals surface area contributed by atoms with Crippen LogP contribution >= 0.6 is 0 Å². The normalized spacial score (nSPS) is 11.5. The quantitative estimate of drug-likeness (QED) is 0.0488. The average molecular weight is 1370 g/mol. The number of nitrogen functional groups attached to an aromatic ring is 1. The maximum Gasteiger partial charge on any atom is 0.138 e. The first-order valence-electron chi connectivity index (χ1n) is 35.3. The summed E-state index contributed by atoms with van der Waals surface area (Å²) in [4.78, 5) is 12.6. The Bertz CT molecular complexity index is 5380. The fraction of sp³-hybridized carbons (Fsp3) is 0.0426. The molecule has 0 unspecified atom stereocenters. The van der Waals surface area contributed by atoms with Gasteiger partial charge in [0.1, 0.15) is 33.7 Å². The van der Waals surface area contributed by atoms with Gasteiger partial charge in [-0.25, -0.2) is 14.0 Å². The van der Waals surface area contributed by atoms with E-state index in [0.29, 0.717) is 11.4 Å². The summed E-state index contributed by atoms with van der Waals surface area (Å²) in [5.41, 5.74) is 27.8. The highest BCUT2D eigenvalue weighted by atomic mass is 16.5. The van der Waals surface area contributed by atoms with Crippen LogP contribution in [0.4, 0.5) is 11.4 Å². The van der Waals surface area contributed by atoms with E-state index < -0.39 is 16.6 Å². The van der Waals surface area contributed by atoms with Crippen molar-refractivity contribution in [2.45, 2.75) is 23.5 Å². The number of aryl methyl sites for hydroxylation is 1. The second-order valence-electron chi connectivity index (χ2n) is 26.1. The third-order valence-electron chi connectivity index (χ3n) is 19.9. The summed E-state index contributed by atoms with van der Waals surface area (Å²) in [7, 11) is 0. The number of nitrogens with one attached hydrogen (secondary N) is 1. The van der Waals surface area contributed by atoms with Crippen molar-refractivity contribution in [2.24, 2.45) is 0 Å². The van der Waals surface area contributed by atoms with E-state index in [0.717, 1.165) is 117 Å². The van der Waals surface area contributed by atoms with Crippen molar-refractivity contribution >= 4 is 44.1 Å². The lowest BCUT2D eigenvalue weighted by Crippen LogP contribution is -2.38. The van der Waals surface area contributed by atoms with Gasteiger partial charge in [0.2, 0.25) is 0 Å². The molecule has 0 aliphatic heterocycles. The number of nitrogens with zero attached hydrogens (tertiary/aromatic N) is 9. The fourth-order valence-electron chi connectivity index (χ4n) is 15.2. The zero-order chi connectivity index (χ0) is 71.7. The van der Waals surface area contributed by atoms with Crippen LogP contribution < -0.4 is 11.2 Å². The molecule has 0 aliphatic rings. The van der Waals surface area contributed by atoms with Crippen LogP contribution in [0.25, 0.3) is 66.5 Å². The second-order valence-corrected chi connectivity index (χ2v) is 26.1. The van der Waals surface area contributed by atoms with E-state index in [1.807, 2.05) is 97.3 Å². The molecule has 12 heteroatoms. The van der Waals surface area contributed by atoms with Crippen molar-refractivity contribution < 1.29 is 5.21 Å². The van der Waals surface area contributed by atoms with Gasteiger partial charge in [0.25, 0.3) is 0 Å². The lowest BCUT2D eigenvalue weighted by Gasteiger charge is -2.37. The zero-order valence-corrected chi connectivity index (χ0v) is 58.2. The Hall–Kier alpha value is -13.9. The predicted molar refractivity (Wildman–Crippen MR) is 427 cm³/mol. The highest BCUT2D eigenvalue weighted by Gasteiger charge is 2.44. The van der Waals surface area contributed by atoms with E-state index in [1.165, 1.54) is 5.56 Å². The molecule has 6 aromatic heterocycles. The number of nitrogens with two attached hydrogens (primary N) is 1. The van der Waals surface area contributed by atoms with E-state index in [9.17, 15) is 5.21 Å². The minimum Gasteiger partial charge on any atom is -0.399 e. The lowest BCUT2D eigenvalue weighted by atomic mass is 9.77. The topological polar surface area (TPSA) is 150 Å². The highest BCUT2D eigenvalue weighted by molar-refractivity contribution is 5.98. The molecular weight excluding hydrogens is 1300 g/mol. The van der Waals surface area contributed by atoms with Crippen LogP contribution in [0.3, 0.4) is 0 Å². The molecule has 4 N–H and O–H groups in total. The van der Waals surface area contributed by atoms with Gasteiger partial charge in [-0.1, -0.05) is 285 Å². The number of fused-ring (bicyclic) bond motifs is 3. The van der Waals surface area contributed by atoms with Gasteiger partial charge < -0.3 is 5.73 Å². The molecule has 510 valence electrons. The molecule has 0 amide bonds. The summed E-state index contributed by atoms with van der Waals surface area (Å²) in [5.74, 6) is 0. The van der Waals surface area contributed by atoms with Crippen LogP contribution in [0.2, 0.25) is 0 Å². The monoisotopic (exact) mass is 1370 g/mol. The van der Waals surface area contributed by atoms with Crippen LogP contribution in [-0.2, 0) is 16.6 Å². The molecule has 18 aromatic rings. The Morgan fingerprint density at radius 2 is 0.509 bits per heavy atom. The number of aromatic nitrogens is 9. The van der Waals surface area contributed by atoms with E-state index in [1.54, 1.807) is 24.8 Å². The molecule has 0 bridgehead atoms. The van der Waals surface area contributed by atoms with Crippen molar-refractivity contribution in [3.8, 4) is 33.8 Å². The summed E-state index contributed by atoms with van der Waals surface area (Å²) in [6.45, 7) is 2.13. The molecule has 0 atom stereocenters. The zero-order valence-electron chi connectivity index (χ0n) is 58.2. The van der Waals surface area contributed by atoms with E-state index in [2.05, 4.69) is 320 Å². The number of rotatable bonds is 16. The van der Waals surface area contributed by atoms with Gasteiger partial charge in [0.15, 0.2) is 0 Å². The molecule has 0 saturated heterocycles. The van der Waals surface area contributed by atoms with Crippen molar-refractivity contribution in [3.63, 3.8) is 0 Å². The number of pyridine rings is 3. The molecule has 6 heterocycles. The first-order valence-corrected chi connectivity index (χ1v) is 35.3. The molecule has 12 aromatic carbocycles. The molecule has 0 saturated carbocycles. The van der Waals surface area contributed by atoms with E-state index in [4.69, 9.17) is 21.0 Å². The van der Waals surface area contributed by atoms with Gasteiger partial charge in [0.05, 0.1) is 22.2 Å². The van der Waals surface area contributed by atoms with Crippen LogP contribution in [0.15, 0.2) is 401 Å². The van der Waals surface area contributed by atoms with Gasteiger partial charge in [-0.05, 0) is 142 Å². The standard InChI is InChI=1S/C32H25N3.C31H24N4O.C31H24N4/c1-24-17-18-30-29(23-24)31(25-19-21-33-22-20-25)34-35(30)32(26-11-5-2-6-12-26,27-13-7-3-8-14-27)28-15-9-4-10-16-28;36-34-27-16-17-29-28(22-27)30(23-18-20-32-21-19-23)33-35(29)31(24-10-4-1-5-11-24,25-12-6-2-7-13-25)26-14-8-3-9-15-26;32-27-16-17-29-28(22-27)30(23-18-20-33-21-19-23)34-35(29)31(24-10-4-1-5-11-24,25-12-6-2-7-13-25)26-14-8-3-9-15-26/h2-23H,1H3;1-22,34,36H;1-22H,32H2. The first-order chi connectivity index (χ1) is 52.4. The van der Waals surface area contributed by atoms with Crippen LogP contribution in [-0.4, -0.2) is 49.5 Å². The Morgan fingerprint density at radius 1 is 0.274 bits per heavy atom. The number of hydrogen-bond donors (Lipinski definition) is 3. The van der Waals surface area contributed by atoms with Gasteiger partial charge in [-0.2, -0.15) is 15.3 Å². The van der Waals surface area contributed by atoms with Crippen molar-refractivity contribution in [1.82, 2.24) is 44.3 Å². The van der Waals surface area contributed by atoms with Crippen LogP contribution in [0.1, 0.15) is 55.6 Å². The highest BCUT2D eigenvalue weighted by Crippen LogP contribution is 2.48. The predicted octanol–water partition coefficient (Wildman–Crippen LogP) is 20.5. The van der Waals surface area contributed by atoms with Crippen LogP contribution in [0, 0.1) is 6.92 Å². The van der Waals surface area contributed by atoms with Gasteiger partial charge in [-0.15, -0.1) is 0 Å². The molecule has 0 radical (unpaired) electrons. The van der Waals surface area contributed by atoms with E-state index in [-0.39, 0.29) is 0 Å². The summed E-state index contributed by atoms with van der Waals surface area (Å²) < 4.78 is 6.51. The number of anilines is 2. The number of hydrogen-bond acceptors (Lipinski definition) is 9. The van der Waals surface area contributed by atoms with Crippen molar-refractivity contribution in [3.05, 3.63) is 457 Å². The average Bonchev–Trinajstić information content (AvgIpc) is 1.48. The number of benzene rings is 12. The Balaban J connectivity index is 0.000000122. The van der Waals surface area contributed by atoms with Crippen molar-refractivity contribution in [1.29, 1.82) is 0 Å². The summed E-state index contributed by atoms with van der Waals surface area (Å²) in [6.07, 6.45) is 10.8. The molecule has 0 aliphatic carbocycles. The fourth-order valence-corrected chi connectivity index (χ4v) is 15.2. The third kappa shape index (κ3) is 12.1. The lowest BCUT2D eigenvalue weighted by molar-refractivity contribution is 0.389. The Labute approximate surface area is 615 Å². The maximum absolute atomic E-state index is 9.67. The molecule has 106 heavy (non-hydrogen) atoms. The van der Waals surface area contributed by atoms with E-state index >= 15 is 0 Å². The SMILES string of the molecule is Cc1ccc2c(c1)c(-c1ccncc1)nn2C(c1ccccc1)(c1ccccc1)c1ccccc1.Nc1ccc2c(c1)c(-c1ccncc1)nn2C(c1ccccc1)(c1ccccc1)c1ccccc1.ONc1ccc2c(c1)c(-c1ccncc1)nn2C(c1ccccc1)(c1ccccc1)c1ccccc1. The Morgan fingerprint density at radius 3 is 0.774 bits per heavy atom. The molecular formula is C94H73N11O. The van der Waals surface area contributed by atoms with Gasteiger partial charge in [-0.3, -0.25) is 25.6 Å². The molecule has 0 fully saturated rings. The second kappa shape index (κ2) is 29.6. The van der Waals surface area contributed by atoms with Gasteiger partial charge in [0, 0.05) is 75.7 Å². The van der Waals surface area contributed by atoms with Gasteiger partial charge >= 0.3 is 0 Å². The maximum atomic E-state index is 9.67. The summed E-state index contributed by atoms with van der Waals surface area (Å²) in [6, 6.07) is 126. The molecule has 18 rings (SSSR count). The smallest absolute Gasteiger partial charge is 0.138 e. The first kappa shape index (κ1) is 66.6. The molecule has 0 spiro atoms. The minimum absolute atomic E-state index is 0.599. The summed E-state index contributed by atoms with van der Waals surface area (Å²) >= 11 is 0. The molecule has 12 nitrogen and oxygen atoms in total. The summed E-state index contributed by atoms with van der Waals surface area (Å²) in [5, 5.41) is 28.8. The largest absolute Gasteiger partial charge is 0.399 e.